The van der Waals surface area contributed by atoms with Crippen LogP contribution in [0, 0.1) is 6.54 Å². The molecule has 0 heterocycles. The van der Waals surface area contributed by atoms with Gasteiger partial charge < -0.3 is 0 Å². The van der Waals surface area contributed by atoms with Gasteiger partial charge in [0.15, 0.2) is 0 Å². The molecule has 0 saturated carbocycles. The highest BCUT2D eigenvalue weighted by molar-refractivity contribution is 5.22. The van der Waals surface area contributed by atoms with Crippen LogP contribution in [0.15, 0.2) is 60.7 Å². The summed E-state index contributed by atoms with van der Waals surface area (Å²) >= 11 is 0. The van der Waals surface area contributed by atoms with Crippen LogP contribution in [0.1, 0.15) is 11.1 Å². The Hall–Kier alpha value is -1.60. The van der Waals surface area contributed by atoms with Crippen molar-refractivity contribution in [3.05, 3.63) is 78.3 Å². The molecule has 0 aromatic heterocycles. The molecule has 2 aromatic rings. The molecule has 0 aliphatic rings. The summed E-state index contributed by atoms with van der Waals surface area (Å²) in [7, 11) is 2.10. The Kier molecular flexibility index (Phi) is 3.73. The van der Waals surface area contributed by atoms with E-state index in [4.69, 9.17) is 0 Å². The first-order chi connectivity index (χ1) is 7.84. The Balaban J connectivity index is 1.92. The lowest BCUT2D eigenvalue weighted by Crippen LogP contribution is -2.14. The lowest BCUT2D eigenvalue weighted by Gasteiger charge is -2.15. The van der Waals surface area contributed by atoms with Gasteiger partial charge in [0.2, 0.25) is 0 Å². The van der Waals surface area contributed by atoms with Crippen molar-refractivity contribution in [2.75, 3.05) is 7.05 Å². The minimum absolute atomic E-state index is 0.940. The average molecular weight is 210 g/mol. The van der Waals surface area contributed by atoms with E-state index in [1.165, 1.54) is 11.1 Å². The molecule has 0 atom stereocenters. The third kappa shape index (κ3) is 3.21. The molecule has 16 heavy (non-hydrogen) atoms. The molecule has 1 nitrogen and oxygen atoms in total. The quantitative estimate of drug-likeness (QED) is 0.748. The first kappa shape index (κ1) is 10.9. The third-order valence-electron chi connectivity index (χ3n) is 2.44. The number of nitrogens with zero attached hydrogens (tertiary/aromatic N) is 1. The van der Waals surface area contributed by atoms with E-state index in [2.05, 4.69) is 67.0 Å². The Morgan fingerprint density at radius 1 is 0.875 bits per heavy atom. The predicted molar refractivity (Wildman–Crippen MR) is 67.8 cm³/mol. The smallest absolute Gasteiger partial charge is 0.0545 e. The van der Waals surface area contributed by atoms with Gasteiger partial charge in [0.05, 0.1) is 6.54 Å². The lowest BCUT2D eigenvalue weighted by molar-refractivity contribution is 0.413. The van der Waals surface area contributed by atoms with Gasteiger partial charge in [-0.25, -0.2) is 0 Å². The van der Waals surface area contributed by atoms with Gasteiger partial charge in [0, 0.05) is 6.54 Å². The molecular weight excluding hydrogens is 194 g/mol. The van der Waals surface area contributed by atoms with E-state index in [0.717, 1.165) is 6.54 Å². The van der Waals surface area contributed by atoms with Gasteiger partial charge in [-0.1, -0.05) is 60.7 Å². The van der Waals surface area contributed by atoms with Gasteiger partial charge in [-0.2, -0.15) is 0 Å². The van der Waals surface area contributed by atoms with E-state index >= 15 is 0 Å². The summed E-state index contributed by atoms with van der Waals surface area (Å²) in [6, 6.07) is 20.9. The van der Waals surface area contributed by atoms with E-state index in [1.807, 2.05) is 12.1 Å². The van der Waals surface area contributed by atoms with Crippen LogP contribution in [0.3, 0.4) is 0 Å². The first-order valence-electron chi connectivity index (χ1n) is 5.49. The van der Waals surface area contributed by atoms with Crippen LogP contribution in [-0.4, -0.2) is 11.9 Å². The maximum absolute atomic E-state index is 2.20. The van der Waals surface area contributed by atoms with Crippen molar-refractivity contribution in [3.63, 3.8) is 0 Å². The molecule has 0 N–H and O–H groups in total. The second kappa shape index (κ2) is 5.47. The van der Waals surface area contributed by atoms with Crippen molar-refractivity contribution in [2.45, 2.75) is 6.54 Å². The van der Waals surface area contributed by atoms with Crippen molar-refractivity contribution in [2.24, 2.45) is 0 Å². The molecule has 0 bridgehead atoms. The topological polar surface area (TPSA) is 3.24 Å². The zero-order valence-corrected chi connectivity index (χ0v) is 9.51. The van der Waals surface area contributed by atoms with Crippen LogP contribution in [-0.2, 0) is 6.54 Å². The summed E-state index contributed by atoms with van der Waals surface area (Å²) in [5.74, 6) is 0. The van der Waals surface area contributed by atoms with Crippen molar-refractivity contribution < 1.29 is 0 Å². The Morgan fingerprint density at radius 2 is 1.44 bits per heavy atom. The van der Waals surface area contributed by atoms with Crippen LogP contribution in [0.2, 0.25) is 0 Å². The maximum atomic E-state index is 2.20. The van der Waals surface area contributed by atoms with Gasteiger partial charge in [0.1, 0.15) is 0 Å². The maximum Gasteiger partial charge on any atom is 0.0545 e. The molecule has 2 rings (SSSR count). The minimum Gasteiger partial charge on any atom is -0.293 e. The normalized spacial score (nSPS) is 10.6. The highest BCUT2D eigenvalue weighted by atomic mass is 15.1. The summed E-state index contributed by atoms with van der Waals surface area (Å²) in [6.45, 7) is 3.10. The fraction of sp³-hybridized carbons (Fsp3) is 0.133. The number of hydrogen-bond donors (Lipinski definition) is 0. The minimum atomic E-state index is 0.940. The Morgan fingerprint density at radius 3 is 2.06 bits per heavy atom. The van der Waals surface area contributed by atoms with Crippen molar-refractivity contribution in [1.29, 1.82) is 0 Å². The Bertz CT molecular complexity index is 366. The van der Waals surface area contributed by atoms with Gasteiger partial charge in [-0.05, 0) is 18.2 Å². The monoisotopic (exact) mass is 210 g/mol. The first-order valence-corrected chi connectivity index (χ1v) is 5.49. The predicted octanol–water partition coefficient (Wildman–Crippen LogP) is 3.33. The number of rotatable bonds is 4. The second-order valence-corrected chi connectivity index (χ2v) is 3.94. The van der Waals surface area contributed by atoms with Gasteiger partial charge in [-0.3, -0.25) is 4.90 Å². The molecule has 1 heteroatoms. The molecule has 0 aliphatic carbocycles. The summed E-state index contributed by atoms with van der Waals surface area (Å²) in [5.41, 5.74) is 2.57. The van der Waals surface area contributed by atoms with Crippen LogP contribution in [0.25, 0.3) is 0 Å². The largest absolute Gasteiger partial charge is 0.293 e. The fourth-order valence-electron chi connectivity index (χ4n) is 1.71. The zero-order valence-electron chi connectivity index (χ0n) is 9.51. The van der Waals surface area contributed by atoms with E-state index in [9.17, 15) is 0 Å². The van der Waals surface area contributed by atoms with Gasteiger partial charge in [-0.15, -0.1) is 0 Å². The van der Waals surface area contributed by atoms with Gasteiger partial charge in [0.25, 0.3) is 0 Å². The molecule has 2 aromatic carbocycles. The summed E-state index contributed by atoms with van der Waals surface area (Å²) in [6.07, 6.45) is 0. The van der Waals surface area contributed by atoms with Crippen LogP contribution < -0.4 is 0 Å². The van der Waals surface area contributed by atoms with E-state index in [-0.39, 0.29) is 0 Å². The molecule has 0 spiro atoms. The van der Waals surface area contributed by atoms with Crippen LogP contribution in [0.4, 0.5) is 0 Å². The highest BCUT2D eigenvalue weighted by Crippen LogP contribution is 2.09. The molecule has 0 fully saturated rings. The zero-order chi connectivity index (χ0) is 11.2. The van der Waals surface area contributed by atoms with Crippen LogP contribution in [0.5, 0.6) is 0 Å². The molecular formula is C15H16N. The average Bonchev–Trinajstić information content (AvgIpc) is 2.31. The fourth-order valence-corrected chi connectivity index (χ4v) is 1.71. The van der Waals surface area contributed by atoms with Crippen molar-refractivity contribution >= 4 is 0 Å². The third-order valence-corrected chi connectivity index (χ3v) is 2.44. The molecule has 0 aliphatic heterocycles. The highest BCUT2D eigenvalue weighted by Gasteiger charge is 2.01. The van der Waals surface area contributed by atoms with Crippen molar-refractivity contribution in [3.8, 4) is 0 Å². The SMILES string of the molecule is CN([CH]c1ccccc1)Cc1ccccc1. The summed E-state index contributed by atoms with van der Waals surface area (Å²) in [4.78, 5) is 2.20. The lowest BCUT2D eigenvalue weighted by atomic mass is 10.2. The standard InChI is InChI=1S/C15H16N/c1-16(12-14-8-4-2-5-9-14)13-15-10-6-3-7-11-15/h2-12H,13H2,1H3. The van der Waals surface area contributed by atoms with Gasteiger partial charge >= 0.3 is 0 Å². The summed E-state index contributed by atoms with van der Waals surface area (Å²) in [5, 5.41) is 0. The molecule has 81 valence electrons. The number of hydrogen-bond acceptors (Lipinski definition) is 1. The van der Waals surface area contributed by atoms with E-state index in [0.29, 0.717) is 0 Å². The van der Waals surface area contributed by atoms with E-state index < -0.39 is 0 Å². The molecule has 1 radical (unpaired) electrons. The molecule has 0 saturated heterocycles. The van der Waals surface area contributed by atoms with Crippen molar-refractivity contribution in [1.82, 2.24) is 4.90 Å². The summed E-state index contributed by atoms with van der Waals surface area (Å²) < 4.78 is 0. The Labute approximate surface area is 97.3 Å². The van der Waals surface area contributed by atoms with Crippen LogP contribution >= 0.6 is 0 Å². The molecule has 0 amide bonds. The second-order valence-electron chi connectivity index (χ2n) is 3.94. The number of benzene rings is 2. The van der Waals surface area contributed by atoms with E-state index in [1.54, 1.807) is 0 Å². The molecule has 0 unspecified atom stereocenters.